The highest BCUT2D eigenvalue weighted by Crippen LogP contribution is 2.23. The van der Waals surface area contributed by atoms with Crippen LogP contribution in [-0.4, -0.2) is 22.9 Å². The van der Waals surface area contributed by atoms with Crippen LogP contribution < -0.4 is 5.73 Å². The molecule has 2 atom stereocenters. The van der Waals surface area contributed by atoms with E-state index < -0.39 is 35.2 Å². The topological polar surface area (TPSA) is 66.5 Å². The van der Waals surface area contributed by atoms with Gasteiger partial charge in [0.2, 0.25) is 0 Å². The summed E-state index contributed by atoms with van der Waals surface area (Å²) in [5.41, 5.74) is 4.51. The molecule has 0 amide bonds. The highest BCUT2D eigenvalue weighted by atomic mass is 19.2. The Morgan fingerprint density at radius 2 is 1.73 bits per heavy atom. The fourth-order valence-electron chi connectivity index (χ4n) is 1.11. The maximum Gasteiger partial charge on any atom is 0.194 e. The second kappa shape index (κ2) is 4.61. The average Bonchev–Trinajstić information content (AvgIpc) is 2.24. The molecular formula is C9H10F3NO2. The van der Waals surface area contributed by atoms with Crippen LogP contribution in [0.15, 0.2) is 12.1 Å². The third kappa shape index (κ3) is 2.28. The van der Waals surface area contributed by atoms with Crippen LogP contribution in [0.1, 0.15) is 11.7 Å². The summed E-state index contributed by atoms with van der Waals surface area (Å²) in [5.74, 6) is -4.56. The SMILES string of the molecule is NCC(O)C(O)c1ccc(F)c(F)c1F. The molecule has 1 aromatic rings. The Balaban J connectivity index is 3.10. The first-order valence-electron chi connectivity index (χ1n) is 4.18. The predicted molar refractivity (Wildman–Crippen MR) is 46.3 cm³/mol. The number of hydrogen-bond acceptors (Lipinski definition) is 3. The van der Waals surface area contributed by atoms with E-state index in [-0.39, 0.29) is 6.54 Å². The van der Waals surface area contributed by atoms with Gasteiger partial charge in [0, 0.05) is 12.1 Å². The van der Waals surface area contributed by atoms with Crippen molar-refractivity contribution in [3.8, 4) is 0 Å². The molecule has 0 fully saturated rings. The fourth-order valence-corrected chi connectivity index (χ4v) is 1.11. The Labute approximate surface area is 84.0 Å². The Morgan fingerprint density at radius 1 is 1.13 bits per heavy atom. The van der Waals surface area contributed by atoms with Crippen LogP contribution >= 0.6 is 0 Å². The fraction of sp³-hybridized carbons (Fsp3) is 0.333. The number of halogens is 3. The molecule has 0 aromatic heterocycles. The zero-order valence-corrected chi connectivity index (χ0v) is 7.62. The molecule has 0 saturated carbocycles. The van der Waals surface area contributed by atoms with Gasteiger partial charge in [-0.15, -0.1) is 0 Å². The molecule has 0 saturated heterocycles. The third-order valence-corrected chi connectivity index (χ3v) is 1.99. The molecule has 0 aliphatic rings. The van der Waals surface area contributed by atoms with Gasteiger partial charge in [-0.05, 0) is 6.07 Å². The van der Waals surface area contributed by atoms with E-state index in [9.17, 15) is 18.3 Å². The summed E-state index contributed by atoms with van der Waals surface area (Å²) in [6.07, 6.45) is -3.10. The molecule has 0 radical (unpaired) electrons. The zero-order chi connectivity index (χ0) is 11.6. The molecule has 4 N–H and O–H groups in total. The van der Waals surface area contributed by atoms with Gasteiger partial charge in [0.25, 0.3) is 0 Å². The minimum absolute atomic E-state index is 0.320. The van der Waals surface area contributed by atoms with E-state index in [1.807, 2.05) is 0 Å². The molecule has 0 heterocycles. The van der Waals surface area contributed by atoms with Crippen LogP contribution in [0.5, 0.6) is 0 Å². The van der Waals surface area contributed by atoms with Gasteiger partial charge in [-0.2, -0.15) is 0 Å². The lowest BCUT2D eigenvalue weighted by Crippen LogP contribution is -2.28. The summed E-state index contributed by atoms with van der Waals surface area (Å²) in [7, 11) is 0. The molecule has 2 unspecified atom stereocenters. The Morgan fingerprint density at radius 3 is 2.27 bits per heavy atom. The van der Waals surface area contributed by atoms with Crippen molar-refractivity contribution in [3.63, 3.8) is 0 Å². The molecule has 3 nitrogen and oxygen atoms in total. The highest BCUT2D eigenvalue weighted by Gasteiger charge is 2.23. The van der Waals surface area contributed by atoms with Crippen LogP contribution in [0.25, 0.3) is 0 Å². The molecule has 6 heteroatoms. The van der Waals surface area contributed by atoms with Crippen molar-refractivity contribution in [3.05, 3.63) is 35.1 Å². The number of aliphatic hydroxyl groups excluding tert-OH is 2. The van der Waals surface area contributed by atoms with Crippen LogP contribution in [0.4, 0.5) is 13.2 Å². The molecule has 1 aromatic carbocycles. The smallest absolute Gasteiger partial charge is 0.194 e. The summed E-state index contributed by atoms with van der Waals surface area (Å²) < 4.78 is 38.3. The van der Waals surface area contributed by atoms with Gasteiger partial charge < -0.3 is 15.9 Å². The van der Waals surface area contributed by atoms with Gasteiger partial charge in [-0.3, -0.25) is 0 Å². The maximum atomic E-state index is 13.1. The van der Waals surface area contributed by atoms with Crippen LogP contribution in [-0.2, 0) is 0 Å². The quantitative estimate of drug-likeness (QED) is 0.649. The zero-order valence-electron chi connectivity index (χ0n) is 7.62. The van der Waals surface area contributed by atoms with Gasteiger partial charge in [-0.25, -0.2) is 13.2 Å². The largest absolute Gasteiger partial charge is 0.389 e. The van der Waals surface area contributed by atoms with E-state index in [1.54, 1.807) is 0 Å². The van der Waals surface area contributed by atoms with Gasteiger partial charge in [0.15, 0.2) is 17.5 Å². The standard InChI is InChI=1S/C9H10F3NO2/c10-5-2-1-4(7(11)8(5)12)9(15)6(14)3-13/h1-2,6,9,14-15H,3,13H2. The van der Waals surface area contributed by atoms with Crippen LogP contribution in [0.3, 0.4) is 0 Å². The monoisotopic (exact) mass is 221 g/mol. The third-order valence-electron chi connectivity index (χ3n) is 1.99. The van der Waals surface area contributed by atoms with E-state index >= 15 is 0 Å². The predicted octanol–water partition coefficient (Wildman–Crippen LogP) is 0.457. The number of aliphatic hydroxyl groups is 2. The summed E-state index contributed by atoms with van der Waals surface area (Å²) in [5, 5.41) is 18.4. The normalized spacial score (nSPS) is 15.1. The summed E-state index contributed by atoms with van der Waals surface area (Å²) in [6, 6.07) is 1.53. The average molecular weight is 221 g/mol. The Bertz CT molecular complexity index is 359. The molecule has 84 valence electrons. The highest BCUT2D eigenvalue weighted by molar-refractivity contribution is 5.23. The first kappa shape index (κ1) is 12.0. The van der Waals surface area contributed by atoms with Crippen molar-refractivity contribution < 1.29 is 23.4 Å². The second-order valence-corrected chi connectivity index (χ2v) is 3.01. The summed E-state index contributed by atoms with van der Waals surface area (Å²) >= 11 is 0. The molecule has 15 heavy (non-hydrogen) atoms. The molecule has 0 spiro atoms. The Hall–Kier alpha value is -1.11. The molecular weight excluding hydrogens is 211 g/mol. The van der Waals surface area contributed by atoms with Gasteiger partial charge >= 0.3 is 0 Å². The molecule has 0 aliphatic carbocycles. The van der Waals surface area contributed by atoms with Crippen LogP contribution in [0.2, 0.25) is 0 Å². The number of rotatable bonds is 3. The molecule has 1 rings (SSSR count). The van der Waals surface area contributed by atoms with Crippen molar-refractivity contribution >= 4 is 0 Å². The van der Waals surface area contributed by atoms with Crippen molar-refractivity contribution in [1.29, 1.82) is 0 Å². The second-order valence-electron chi connectivity index (χ2n) is 3.01. The lowest BCUT2D eigenvalue weighted by molar-refractivity contribution is 0.0217. The van der Waals surface area contributed by atoms with E-state index in [0.717, 1.165) is 6.07 Å². The van der Waals surface area contributed by atoms with Crippen molar-refractivity contribution in [2.75, 3.05) is 6.54 Å². The summed E-state index contributed by atoms with van der Waals surface area (Å²) in [4.78, 5) is 0. The van der Waals surface area contributed by atoms with Crippen molar-refractivity contribution in [2.45, 2.75) is 12.2 Å². The van der Waals surface area contributed by atoms with Crippen molar-refractivity contribution in [2.24, 2.45) is 5.73 Å². The van der Waals surface area contributed by atoms with E-state index in [1.165, 1.54) is 0 Å². The Kier molecular flexibility index (Phi) is 3.67. The van der Waals surface area contributed by atoms with Crippen LogP contribution in [0, 0.1) is 17.5 Å². The molecule has 0 bridgehead atoms. The van der Waals surface area contributed by atoms with E-state index in [2.05, 4.69) is 0 Å². The summed E-state index contributed by atoms with van der Waals surface area (Å²) in [6.45, 7) is -0.320. The number of benzene rings is 1. The lowest BCUT2D eigenvalue weighted by Gasteiger charge is -2.17. The van der Waals surface area contributed by atoms with E-state index in [0.29, 0.717) is 6.07 Å². The number of hydrogen-bond donors (Lipinski definition) is 3. The lowest BCUT2D eigenvalue weighted by atomic mass is 10.0. The molecule has 0 aliphatic heterocycles. The van der Waals surface area contributed by atoms with Gasteiger partial charge in [0.05, 0.1) is 6.10 Å². The van der Waals surface area contributed by atoms with Crippen molar-refractivity contribution in [1.82, 2.24) is 0 Å². The minimum atomic E-state index is -1.68. The first-order chi connectivity index (χ1) is 6.99. The number of nitrogens with two attached hydrogens (primary N) is 1. The van der Waals surface area contributed by atoms with E-state index in [4.69, 9.17) is 10.8 Å². The van der Waals surface area contributed by atoms with Gasteiger partial charge in [-0.1, -0.05) is 6.07 Å². The first-order valence-corrected chi connectivity index (χ1v) is 4.18. The van der Waals surface area contributed by atoms with Gasteiger partial charge in [0.1, 0.15) is 6.10 Å². The maximum absolute atomic E-state index is 13.1. The minimum Gasteiger partial charge on any atom is -0.389 e.